The minimum Gasteiger partial charge on any atom is -0.457 e. The first-order valence-corrected chi connectivity index (χ1v) is 8.96. The van der Waals surface area contributed by atoms with E-state index in [0.29, 0.717) is 5.69 Å². The van der Waals surface area contributed by atoms with Gasteiger partial charge in [0.05, 0.1) is 0 Å². The Hall–Kier alpha value is -2.74. The minimum absolute atomic E-state index is 0.0795. The number of amides is 2. The summed E-state index contributed by atoms with van der Waals surface area (Å²) in [5, 5.41) is 3.94. The van der Waals surface area contributed by atoms with Crippen molar-refractivity contribution >= 4 is 35.4 Å². The lowest BCUT2D eigenvalue weighted by Crippen LogP contribution is -2.61. The molecule has 1 saturated heterocycles. The fourth-order valence-electron chi connectivity index (χ4n) is 2.78. The molecule has 1 fully saturated rings. The van der Waals surface area contributed by atoms with Crippen LogP contribution in [0.15, 0.2) is 54.1 Å². The van der Waals surface area contributed by atoms with Gasteiger partial charge in [0, 0.05) is 11.1 Å². The molecule has 1 N–H and O–H groups in total. The van der Waals surface area contributed by atoms with Crippen molar-refractivity contribution in [2.45, 2.75) is 18.4 Å². The molecule has 0 spiro atoms. The highest BCUT2D eigenvalue weighted by atomic mass is 32.2. The van der Waals surface area contributed by atoms with E-state index in [1.807, 2.05) is 6.07 Å². The highest BCUT2D eigenvalue weighted by Gasteiger charge is 2.56. The van der Waals surface area contributed by atoms with Gasteiger partial charge in [0.2, 0.25) is 5.91 Å². The Morgan fingerprint density at radius 1 is 1.38 bits per heavy atom. The summed E-state index contributed by atoms with van der Waals surface area (Å²) in [5.74, 6) is -1.34. The van der Waals surface area contributed by atoms with E-state index in [0.717, 1.165) is 0 Å². The fourth-order valence-corrected chi connectivity index (χ4v) is 4.10. The number of thioether (sulfide) groups is 1. The molecule has 0 bridgehead atoms. The molecule has 0 saturated carbocycles. The van der Waals surface area contributed by atoms with Crippen LogP contribution in [0.3, 0.4) is 0 Å². The number of carbonyl (C=O) groups excluding carboxylic acids is 3. The Bertz CT molecular complexity index is 764. The summed E-state index contributed by atoms with van der Waals surface area (Å²) in [6.45, 7) is 5.22. The van der Waals surface area contributed by atoms with Gasteiger partial charge in [0.1, 0.15) is 29.7 Å². The summed E-state index contributed by atoms with van der Waals surface area (Å²) in [5.41, 5.74) is 0.819. The van der Waals surface area contributed by atoms with Gasteiger partial charge in [-0.15, -0.1) is 11.8 Å². The Balaban J connectivity index is 1.55. The largest absolute Gasteiger partial charge is 0.457 e. The first-order valence-electron chi connectivity index (χ1n) is 8.02. The number of nitrogens with one attached hydrogen (secondary N) is 1. The standard InChI is InChI=1S/C18H18N2O5S/c1-3-9-24-17(22)13-10-26-16-14(15(21)20(13)16)11(2)25-18(23)19-12-7-5-4-6-8-12/h3-8,10-11,14,16H,1,9H2,2H3,(H,19,23)/t11-,14+,16+/m1/s1. The van der Waals surface area contributed by atoms with Gasteiger partial charge in [0.15, 0.2) is 0 Å². The molecule has 7 nitrogen and oxygen atoms in total. The summed E-state index contributed by atoms with van der Waals surface area (Å²) in [6.07, 6.45) is 0.202. The lowest BCUT2D eigenvalue weighted by atomic mass is 9.92. The first kappa shape index (κ1) is 18.1. The zero-order valence-corrected chi connectivity index (χ0v) is 14.9. The molecule has 26 heavy (non-hydrogen) atoms. The average Bonchev–Trinajstić information content (AvgIpc) is 2.99. The third-order valence-electron chi connectivity index (χ3n) is 4.02. The highest BCUT2D eigenvalue weighted by molar-refractivity contribution is 8.03. The van der Waals surface area contributed by atoms with Gasteiger partial charge in [-0.2, -0.15) is 0 Å². The van der Waals surface area contributed by atoms with Crippen molar-refractivity contribution in [3.8, 4) is 0 Å². The topological polar surface area (TPSA) is 84.9 Å². The van der Waals surface area contributed by atoms with Gasteiger partial charge in [-0.3, -0.25) is 15.0 Å². The second kappa shape index (κ2) is 7.65. The molecule has 136 valence electrons. The molecule has 0 aliphatic carbocycles. The van der Waals surface area contributed by atoms with E-state index in [9.17, 15) is 14.4 Å². The van der Waals surface area contributed by atoms with Crippen molar-refractivity contribution in [2.75, 3.05) is 11.9 Å². The summed E-state index contributed by atoms with van der Waals surface area (Å²) in [6, 6.07) is 8.89. The molecular formula is C18H18N2O5S. The Morgan fingerprint density at radius 2 is 2.12 bits per heavy atom. The van der Waals surface area contributed by atoms with Crippen LogP contribution < -0.4 is 5.32 Å². The number of ether oxygens (including phenoxy) is 2. The van der Waals surface area contributed by atoms with Crippen LogP contribution in [0, 0.1) is 5.92 Å². The van der Waals surface area contributed by atoms with Crippen LogP contribution >= 0.6 is 11.8 Å². The van der Waals surface area contributed by atoms with E-state index in [2.05, 4.69) is 11.9 Å². The van der Waals surface area contributed by atoms with E-state index < -0.39 is 24.1 Å². The highest BCUT2D eigenvalue weighted by Crippen LogP contribution is 2.46. The number of benzene rings is 1. The zero-order valence-electron chi connectivity index (χ0n) is 14.1. The zero-order chi connectivity index (χ0) is 18.7. The SMILES string of the molecule is C=CCOC(=O)C1=CS[C@H]2[C@@H]([C@@H](C)OC(=O)Nc3ccccc3)C(=O)N12. The number of hydrogen-bond acceptors (Lipinski definition) is 6. The van der Waals surface area contributed by atoms with E-state index in [4.69, 9.17) is 9.47 Å². The quantitative estimate of drug-likeness (QED) is 0.468. The molecule has 1 aromatic rings. The van der Waals surface area contributed by atoms with Crippen LogP contribution in [-0.2, 0) is 19.1 Å². The Kier molecular flexibility index (Phi) is 5.32. The lowest BCUT2D eigenvalue weighted by molar-refractivity contribution is -0.157. The van der Waals surface area contributed by atoms with Crippen molar-refractivity contribution in [3.05, 3.63) is 54.1 Å². The van der Waals surface area contributed by atoms with Crippen LogP contribution in [0.1, 0.15) is 6.92 Å². The predicted molar refractivity (Wildman–Crippen MR) is 97.0 cm³/mol. The average molecular weight is 374 g/mol. The summed E-state index contributed by atoms with van der Waals surface area (Å²) < 4.78 is 10.3. The molecule has 3 atom stereocenters. The molecule has 1 aromatic carbocycles. The van der Waals surface area contributed by atoms with Crippen LogP contribution in [0.25, 0.3) is 0 Å². The molecule has 0 unspecified atom stereocenters. The van der Waals surface area contributed by atoms with Crippen LogP contribution in [-0.4, -0.2) is 41.0 Å². The van der Waals surface area contributed by atoms with Crippen LogP contribution in [0.4, 0.5) is 10.5 Å². The number of esters is 1. The molecule has 2 aliphatic heterocycles. The maximum Gasteiger partial charge on any atom is 0.411 e. The number of anilines is 1. The van der Waals surface area contributed by atoms with Crippen molar-refractivity contribution in [1.82, 2.24) is 4.90 Å². The molecule has 2 aliphatic rings. The predicted octanol–water partition coefficient (Wildman–Crippen LogP) is 2.73. The number of nitrogens with zero attached hydrogens (tertiary/aromatic N) is 1. The van der Waals surface area contributed by atoms with E-state index in [1.165, 1.54) is 22.7 Å². The van der Waals surface area contributed by atoms with E-state index in [-0.39, 0.29) is 23.6 Å². The molecule has 0 aromatic heterocycles. The molecule has 3 rings (SSSR count). The van der Waals surface area contributed by atoms with Gasteiger partial charge in [0.25, 0.3) is 0 Å². The van der Waals surface area contributed by atoms with Gasteiger partial charge in [-0.1, -0.05) is 30.9 Å². The monoisotopic (exact) mass is 374 g/mol. The van der Waals surface area contributed by atoms with Gasteiger partial charge in [-0.05, 0) is 19.1 Å². The number of hydrogen-bond donors (Lipinski definition) is 1. The van der Waals surface area contributed by atoms with E-state index >= 15 is 0 Å². The Morgan fingerprint density at radius 3 is 2.81 bits per heavy atom. The maximum absolute atomic E-state index is 12.4. The summed E-state index contributed by atoms with van der Waals surface area (Å²) in [4.78, 5) is 37.8. The number of rotatable bonds is 6. The number of para-hydroxylation sites is 1. The molecule has 8 heteroatoms. The van der Waals surface area contributed by atoms with Crippen LogP contribution in [0.5, 0.6) is 0 Å². The number of fused-ring (bicyclic) bond motifs is 1. The summed E-state index contributed by atoms with van der Waals surface area (Å²) >= 11 is 1.34. The third-order valence-corrected chi connectivity index (χ3v) is 5.17. The van der Waals surface area contributed by atoms with Crippen molar-refractivity contribution < 1.29 is 23.9 Å². The van der Waals surface area contributed by atoms with Crippen molar-refractivity contribution in [3.63, 3.8) is 0 Å². The van der Waals surface area contributed by atoms with Crippen molar-refractivity contribution in [2.24, 2.45) is 5.92 Å². The van der Waals surface area contributed by atoms with Gasteiger partial charge >= 0.3 is 12.1 Å². The molecule has 2 heterocycles. The second-order valence-electron chi connectivity index (χ2n) is 5.75. The number of carbonyl (C=O) groups is 3. The maximum atomic E-state index is 12.4. The lowest BCUT2D eigenvalue weighted by Gasteiger charge is -2.44. The normalized spacial score (nSPS) is 21.8. The smallest absolute Gasteiger partial charge is 0.411 e. The molecular weight excluding hydrogens is 356 g/mol. The first-order chi connectivity index (χ1) is 12.5. The second-order valence-corrected chi connectivity index (χ2v) is 6.74. The van der Waals surface area contributed by atoms with Crippen LogP contribution in [0.2, 0.25) is 0 Å². The third kappa shape index (κ3) is 3.45. The van der Waals surface area contributed by atoms with Crippen molar-refractivity contribution in [1.29, 1.82) is 0 Å². The van der Waals surface area contributed by atoms with E-state index in [1.54, 1.807) is 36.6 Å². The number of β-lactam (4-membered cyclic amide) rings is 1. The molecule has 2 amide bonds. The fraction of sp³-hybridized carbons (Fsp3) is 0.278. The minimum atomic E-state index is -0.628. The van der Waals surface area contributed by atoms with Gasteiger partial charge in [-0.25, -0.2) is 9.59 Å². The molecule has 0 radical (unpaired) electrons. The van der Waals surface area contributed by atoms with Gasteiger partial charge < -0.3 is 9.47 Å². The Labute approximate surface area is 155 Å². The summed E-state index contributed by atoms with van der Waals surface area (Å²) in [7, 11) is 0.